The van der Waals surface area contributed by atoms with Gasteiger partial charge >= 0.3 is 5.97 Å². The van der Waals surface area contributed by atoms with E-state index in [1.165, 1.54) is 11.0 Å². The Bertz CT molecular complexity index is 830. The van der Waals surface area contributed by atoms with Gasteiger partial charge in [0.25, 0.3) is 5.91 Å². The van der Waals surface area contributed by atoms with E-state index in [2.05, 4.69) is 20.9 Å². The van der Waals surface area contributed by atoms with E-state index in [0.717, 1.165) is 0 Å². The zero-order valence-electron chi connectivity index (χ0n) is 11.5. The second-order valence-corrected chi connectivity index (χ2v) is 6.14. The minimum atomic E-state index is -0.895. The van der Waals surface area contributed by atoms with E-state index in [1.54, 1.807) is 18.2 Å². The zero-order chi connectivity index (χ0) is 15.9. The Kier molecular flexibility index (Phi) is 3.74. The molecule has 6 nitrogen and oxygen atoms in total. The molecule has 1 aliphatic heterocycles. The van der Waals surface area contributed by atoms with E-state index in [0.29, 0.717) is 33.9 Å². The van der Waals surface area contributed by atoms with Crippen molar-refractivity contribution in [2.45, 2.75) is 6.42 Å². The van der Waals surface area contributed by atoms with Crippen LogP contribution in [0.5, 0.6) is 0 Å². The van der Waals surface area contributed by atoms with Gasteiger partial charge in [-0.15, -0.1) is 0 Å². The highest BCUT2D eigenvalue weighted by Gasteiger charge is 2.32. The maximum atomic E-state index is 12.7. The van der Waals surface area contributed by atoms with Crippen molar-refractivity contribution in [1.29, 1.82) is 0 Å². The van der Waals surface area contributed by atoms with Crippen LogP contribution in [0.4, 0.5) is 0 Å². The first kappa shape index (κ1) is 14.8. The Balaban J connectivity index is 2.03. The molecule has 2 heterocycles. The number of amides is 1. The molecule has 2 N–H and O–H groups in total. The summed E-state index contributed by atoms with van der Waals surface area (Å²) < 4.78 is 0.696. The highest BCUT2D eigenvalue weighted by molar-refractivity contribution is 9.10. The molecule has 1 aliphatic rings. The second-order valence-electron chi connectivity index (χ2n) is 5.28. The van der Waals surface area contributed by atoms with Crippen LogP contribution < -0.4 is 5.56 Å². The van der Waals surface area contributed by atoms with E-state index in [9.17, 15) is 14.4 Å². The van der Waals surface area contributed by atoms with Crippen LogP contribution in [0.25, 0.3) is 10.9 Å². The molecule has 7 heteroatoms. The molecule has 1 aromatic heterocycles. The number of para-hydroxylation sites is 1. The topological polar surface area (TPSA) is 90.5 Å². The highest BCUT2D eigenvalue weighted by Crippen LogP contribution is 2.26. The number of carboxylic acid groups (broad SMARTS) is 1. The van der Waals surface area contributed by atoms with Crippen molar-refractivity contribution in [3.8, 4) is 0 Å². The average Bonchev–Trinajstić information content (AvgIpc) is 2.97. The summed E-state index contributed by atoms with van der Waals surface area (Å²) in [5, 5.41) is 9.67. The van der Waals surface area contributed by atoms with Crippen molar-refractivity contribution in [2.75, 3.05) is 13.1 Å². The number of pyridine rings is 1. The minimum absolute atomic E-state index is 0.177. The van der Waals surface area contributed by atoms with Crippen LogP contribution in [0.15, 0.2) is 33.5 Å². The third-order valence-corrected chi connectivity index (χ3v) is 4.54. The third kappa shape index (κ3) is 2.52. The lowest BCUT2D eigenvalue weighted by Crippen LogP contribution is -2.31. The van der Waals surface area contributed by atoms with E-state index in [-0.39, 0.29) is 18.0 Å². The number of aliphatic carboxylic acids is 1. The van der Waals surface area contributed by atoms with Crippen molar-refractivity contribution in [1.82, 2.24) is 9.88 Å². The molecule has 1 fully saturated rings. The number of nitrogens with zero attached hydrogens (tertiary/aromatic N) is 1. The zero-order valence-corrected chi connectivity index (χ0v) is 13.1. The van der Waals surface area contributed by atoms with Crippen LogP contribution in [-0.2, 0) is 4.79 Å². The molecule has 1 amide bonds. The molecule has 114 valence electrons. The van der Waals surface area contributed by atoms with Crippen LogP contribution in [0.3, 0.4) is 0 Å². The van der Waals surface area contributed by atoms with Gasteiger partial charge in [-0.1, -0.05) is 12.1 Å². The van der Waals surface area contributed by atoms with E-state index >= 15 is 0 Å². The van der Waals surface area contributed by atoms with Crippen LogP contribution in [0, 0.1) is 5.92 Å². The summed E-state index contributed by atoms with van der Waals surface area (Å²) in [6.45, 7) is 0.564. The molecule has 0 unspecified atom stereocenters. The number of aromatic nitrogens is 1. The minimum Gasteiger partial charge on any atom is -0.481 e. The van der Waals surface area contributed by atoms with Crippen molar-refractivity contribution in [3.63, 3.8) is 0 Å². The molecule has 0 bridgehead atoms. The van der Waals surface area contributed by atoms with Gasteiger partial charge in [0, 0.05) is 29.0 Å². The SMILES string of the molecule is O=C(O)[C@H]1CCN(C(=O)c2cc(=O)[nH]c3c(Br)cccc23)C1. The Morgan fingerprint density at radius 2 is 2.14 bits per heavy atom. The third-order valence-electron chi connectivity index (χ3n) is 3.88. The maximum absolute atomic E-state index is 12.7. The Morgan fingerprint density at radius 1 is 1.36 bits per heavy atom. The molecule has 0 radical (unpaired) electrons. The quantitative estimate of drug-likeness (QED) is 0.850. The number of nitrogens with one attached hydrogen (secondary N) is 1. The highest BCUT2D eigenvalue weighted by atomic mass is 79.9. The molecular weight excluding hydrogens is 352 g/mol. The normalized spacial score (nSPS) is 17.9. The van der Waals surface area contributed by atoms with E-state index in [4.69, 9.17) is 5.11 Å². The van der Waals surface area contributed by atoms with Crippen LogP contribution in [0.1, 0.15) is 16.8 Å². The number of aromatic amines is 1. The van der Waals surface area contributed by atoms with Gasteiger partial charge in [0.15, 0.2) is 0 Å². The maximum Gasteiger partial charge on any atom is 0.308 e. The van der Waals surface area contributed by atoms with E-state index in [1.807, 2.05) is 0 Å². The van der Waals surface area contributed by atoms with Gasteiger partial charge in [0.2, 0.25) is 5.56 Å². The first-order chi connectivity index (χ1) is 10.5. The number of benzene rings is 1. The molecular formula is C15H13BrN2O4. The number of likely N-dealkylation sites (tertiary alicyclic amines) is 1. The summed E-state index contributed by atoms with van der Waals surface area (Å²) in [6.07, 6.45) is 0.436. The summed E-state index contributed by atoms with van der Waals surface area (Å²) in [5.74, 6) is -1.74. The summed E-state index contributed by atoms with van der Waals surface area (Å²) in [6, 6.07) is 6.59. The lowest BCUT2D eigenvalue weighted by atomic mass is 10.1. The number of halogens is 1. The summed E-state index contributed by atoms with van der Waals surface area (Å²) in [5.41, 5.74) is 0.496. The number of hydrogen-bond acceptors (Lipinski definition) is 3. The lowest BCUT2D eigenvalue weighted by molar-refractivity contribution is -0.141. The molecule has 1 saturated heterocycles. The van der Waals surface area contributed by atoms with Gasteiger partial charge in [-0.2, -0.15) is 0 Å². The number of rotatable bonds is 2. The summed E-state index contributed by atoms with van der Waals surface area (Å²) in [7, 11) is 0. The smallest absolute Gasteiger partial charge is 0.308 e. The monoisotopic (exact) mass is 364 g/mol. The van der Waals surface area contributed by atoms with Crippen LogP contribution >= 0.6 is 15.9 Å². The molecule has 2 aromatic rings. The standard InChI is InChI=1S/C15H13BrN2O4/c16-11-3-1-2-9-10(6-12(19)17-13(9)11)14(20)18-5-4-8(7-18)15(21)22/h1-3,6,8H,4-5,7H2,(H,17,19)(H,21,22)/t8-/m0/s1. The Hall–Kier alpha value is -2.15. The van der Waals surface area contributed by atoms with Gasteiger partial charge in [0.05, 0.1) is 17.0 Å². The summed E-state index contributed by atoms with van der Waals surface area (Å²) in [4.78, 5) is 39.7. The Labute approximate surface area is 133 Å². The van der Waals surface area contributed by atoms with Crippen molar-refractivity contribution in [3.05, 3.63) is 44.7 Å². The van der Waals surface area contributed by atoms with Crippen molar-refractivity contribution in [2.24, 2.45) is 5.92 Å². The lowest BCUT2D eigenvalue weighted by Gasteiger charge is -2.17. The van der Waals surface area contributed by atoms with Gasteiger partial charge in [-0.05, 0) is 28.4 Å². The van der Waals surface area contributed by atoms with E-state index < -0.39 is 11.9 Å². The number of carbonyl (C=O) groups is 2. The fourth-order valence-corrected chi connectivity index (χ4v) is 3.20. The number of fused-ring (bicyclic) bond motifs is 1. The fourth-order valence-electron chi connectivity index (χ4n) is 2.74. The first-order valence-corrected chi connectivity index (χ1v) is 7.60. The number of H-pyrrole nitrogens is 1. The number of carboxylic acids is 1. The average molecular weight is 365 g/mol. The largest absolute Gasteiger partial charge is 0.481 e. The predicted octanol–water partition coefficient (Wildman–Crippen LogP) is 1.84. The number of hydrogen-bond donors (Lipinski definition) is 2. The molecule has 22 heavy (non-hydrogen) atoms. The van der Waals surface area contributed by atoms with Crippen LogP contribution in [0.2, 0.25) is 0 Å². The van der Waals surface area contributed by atoms with Gasteiger partial charge < -0.3 is 15.0 Å². The molecule has 0 saturated carbocycles. The van der Waals surface area contributed by atoms with Crippen molar-refractivity contribution < 1.29 is 14.7 Å². The Morgan fingerprint density at radius 3 is 2.82 bits per heavy atom. The van der Waals surface area contributed by atoms with Gasteiger partial charge in [-0.3, -0.25) is 14.4 Å². The molecule has 0 spiro atoms. The van der Waals surface area contributed by atoms with Gasteiger partial charge in [-0.25, -0.2) is 0 Å². The predicted molar refractivity (Wildman–Crippen MR) is 83.9 cm³/mol. The van der Waals surface area contributed by atoms with Crippen LogP contribution in [-0.4, -0.2) is 40.0 Å². The van der Waals surface area contributed by atoms with Crippen molar-refractivity contribution >= 4 is 38.7 Å². The second kappa shape index (κ2) is 5.57. The number of carbonyl (C=O) groups excluding carboxylic acids is 1. The first-order valence-electron chi connectivity index (χ1n) is 6.81. The molecule has 1 aromatic carbocycles. The summed E-state index contributed by atoms with van der Waals surface area (Å²) >= 11 is 3.35. The van der Waals surface area contributed by atoms with Gasteiger partial charge in [0.1, 0.15) is 0 Å². The molecule has 0 aliphatic carbocycles. The molecule has 3 rings (SSSR count). The molecule has 1 atom stereocenters. The fraction of sp³-hybridized carbons (Fsp3) is 0.267.